The van der Waals surface area contributed by atoms with Crippen LogP contribution >= 0.6 is 34.2 Å². The molecule has 3 heteroatoms. The van der Waals surface area contributed by atoms with Crippen molar-refractivity contribution in [1.29, 1.82) is 0 Å². The molecule has 1 aromatic carbocycles. The first-order chi connectivity index (χ1) is 7.08. The second kappa shape index (κ2) is 4.50. The van der Waals surface area contributed by atoms with Gasteiger partial charge in [-0.3, -0.25) is 0 Å². The van der Waals surface area contributed by atoms with Crippen molar-refractivity contribution < 1.29 is 0 Å². The minimum atomic E-state index is 0.797. The fourth-order valence-corrected chi connectivity index (χ4v) is 3.08. The molecular weight excluding hydrogens is 320 g/mol. The maximum Gasteiger partial charge on any atom is 0.0503 e. The number of rotatable bonds is 2. The van der Waals surface area contributed by atoms with E-state index in [2.05, 4.69) is 47.4 Å². The molecule has 0 radical (unpaired) electrons. The van der Waals surface area contributed by atoms with E-state index < -0.39 is 0 Å². The summed E-state index contributed by atoms with van der Waals surface area (Å²) in [6.45, 7) is 6.98. The molecule has 0 amide bonds. The van der Waals surface area contributed by atoms with Crippen LogP contribution in [0.3, 0.4) is 0 Å². The quantitative estimate of drug-likeness (QED) is 0.737. The van der Waals surface area contributed by atoms with Crippen molar-refractivity contribution in [1.82, 2.24) is 0 Å². The van der Waals surface area contributed by atoms with E-state index in [1.54, 1.807) is 0 Å². The fraction of sp³-hybridized carbons (Fsp3) is 0.500. The lowest BCUT2D eigenvalue weighted by Crippen LogP contribution is -2.49. The summed E-state index contributed by atoms with van der Waals surface area (Å²) >= 11 is 8.30. The Balaban J connectivity index is 2.07. The van der Waals surface area contributed by atoms with Crippen molar-refractivity contribution in [2.24, 2.45) is 11.8 Å². The number of nitrogens with zero attached hydrogens (tertiary/aromatic N) is 1. The van der Waals surface area contributed by atoms with Gasteiger partial charge in [0.1, 0.15) is 0 Å². The average Bonchev–Trinajstić information content (AvgIpc) is 2.05. The molecule has 0 saturated carbocycles. The Morgan fingerprint density at radius 2 is 2.07 bits per heavy atom. The Morgan fingerprint density at radius 1 is 1.40 bits per heavy atom. The molecule has 1 aromatic rings. The van der Waals surface area contributed by atoms with E-state index in [9.17, 15) is 0 Å². The maximum atomic E-state index is 5.94. The lowest BCUT2D eigenvalue weighted by atomic mass is 9.88. The van der Waals surface area contributed by atoms with Gasteiger partial charge in [-0.05, 0) is 52.6 Å². The molecule has 15 heavy (non-hydrogen) atoms. The number of anilines is 1. The smallest absolute Gasteiger partial charge is 0.0503 e. The van der Waals surface area contributed by atoms with Gasteiger partial charge in [-0.2, -0.15) is 0 Å². The van der Waals surface area contributed by atoms with E-state index in [0.717, 1.165) is 16.9 Å². The first-order valence-corrected chi connectivity index (χ1v) is 6.73. The van der Waals surface area contributed by atoms with Crippen molar-refractivity contribution in [2.45, 2.75) is 13.8 Å². The van der Waals surface area contributed by atoms with Crippen LogP contribution in [0.1, 0.15) is 13.8 Å². The van der Waals surface area contributed by atoms with Crippen molar-refractivity contribution in [3.63, 3.8) is 0 Å². The second-order valence-electron chi connectivity index (χ2n) is 4.50. The van der Waals surface area contributed by atoms with E-state index in [-0.39, 0.29) is 0 Å². The summed E-state index contributed by atoms with van der Waals surface area (Å²) in [6, 6.07) is 6.13. The third kappa shape index (κ3) is 2.41. The van der Waals surface area contributed by atoms with Crippen LogP contribution in [0, 0.1) is 15.4 Å². The molecule has 0 bridgehead atoms. The molecular formula is C12H15ClIN. The van der Waals surface area contributed by atoms with Crippen LogP contribution in [0.2, 0.25) is 5.02 Å². The van der Waals surface area contributed by atoms with Crippen LogP contribution in [0.4, 0.5) is 5.69 Å². The van der Waals surface area contributed by atoms with Crippen molar-refractivity contribution in [2.75, 3.05) is 18.0 Å². The largest absolute Gasteiger partial charge is 0.370 e. The van der Waals surface area contributed by atoms with Crippen molar-refractivity contribution >= 4 is 39.9 Å². The molecule has 0 atom stereocenters. The van der Waals surface area contributed by atoms with Gasteiger partial charge < -0.3 is 4.90 Å². The molecule has 0 spiro atoms. The maximum absolute atomic E-state index is 5.94. The van der Waals surface area contributed by atoms with Gasteiger partial charge >= 0.3 is 0 Å². The van der Waals surface area contributed by atoms with Gasteiger partial charge in [-0.25, -0.2) is 0 Å². The molecule has 82 valence electrons. The van der Waals surface area contributed by atoms with Crippen LogP contribution in [0.25, 0.3) is 0 Å². The molecule has 1 aliphatic heterocycles. The molecule has 2 rings (SSSR count). The number of benzene rings is 1. The second-order valence-corrected chi connectivity index (χ2v) is 6.10. The lowest BCUT2D eigenvalue weighted by Gasteiger charge is -2.43. The highest BCUT2D eigenvalue weighted by atomic mass is 127. The molecule has 1 fully saturated rings. The lowest BCUT2D eigenvalue weighted by molar-refractivity contribution is 0.309. The molecule has 0 N–H and O–H groups in total. The summed E-state index contributed by atoms with van der Waals surface area (Å²) in [5, 5.41) is 0.823. The predicted molar refractivity (Wildman–Crippen MR) is 74.7 cm³/mol. The normalized spacial score (nSPS) is 17.0. The Kier molecular flexibility index (Phi) is 3.45. The third-order valence-corrected chi connectivity index (χ3v) is 4.20. The van der Waals surface area contributed by atoms with E-state index in [4.69, 9.17) is 11.6 Å². The van der Waals surface area contributed by atoms with E-state index in [0.29, 0.717) is 0 Å². The number of halogens is 2. The predicted octanol–water partition coefficient (Wildman–Crippen LogP) is 4.04. The zero-order chi connectivity index (χ0) is 11.0. The zero-order valence-corrected chi connectivity index (χ0v) is 11.9. The summed E-state index contributed by atoms with van der Waals surface area (Å²) in [6.07, 6.45) is 0. The Morgan fingerprint density at radius 3 is 2.60 bits per heavy atom. The zero-order valence-electron chi connectivity index (χ0n) is 9.00. The minimum absolute atomic E-state index is 0.797. The Labute approximate surface area is 110 Å². The highest BCUT2D eigenvalue weighted by Gasteiger charge is 2.29. The van der Waals surface area contributed by atoms with Gasteiger partial charge in [0.25, 0.3) is 0 Å². The summed E-state index contributed by atoms with van der Waals surface area (Å²) in [5.74, 6) is 1.66. The molecule has 0 unspecified atom stereocenters. The Bertz CT molecular complexity index is 359. The van der Waals surface area contributed by atoms with Crippen LogP contribution in [0.5, 0.6) is 0 Å². The van der Waals surface area contributed by atoms with Gasteiger partial charge in [-0.15, -0.1) is 0 Å². The first-order valence-electron chi connectivity index (χ1n) is 5.28. The summed E-state index contributed by atoms with van der Waals surface area (Å²) in [5.41, 5.74) is 1.33. The van der Waals surface area contributed by atoms with Gasteiger partial charge in [0.2, 0.25) is 0 Å². The minimum Gasteiger partial charge on any atom is -0.370 e. The fourth-order valence-electron chi connectivity index (χ4n) is 1.87. The molecule has 1 heterocycles. The standard InChI is InChI=1S/C12H15ClIN/c1-8(2)9-6-15(7-9)12-4-3-10(13)5-11(12)14/h3-5,8-9H,6-7H2,1-2H3. The van der Waals surface area contributed by atoms with Gasteiger partial charge in [0.15, 0.2) is 0 Å². The molecule has 1 nitrogen and oxygen atoms in total. The summed E-state index contributed by atoms with van der Waals surface area (Å²) < 4.78 is 1.25. The number of hydrogen-bond acceptors (Lipinski definition) is 1. The topological polar surface area (TPSA) is 3.24 Å². The SMILES string of the molecule is CC(C)C1CN(c2ccc(Cl)cc2I)C1. The van der Waals surface area contributed by atoms with E-state index >= 15 is 0 Å². The Hall–Kier alpha value is 0.0400. The van der Waals surface area contributed by atoms with E-state index in [1.807, 2.05) is 12.1 Å². The molecule has 1 aliphatic rings. The number of hydrogen-bond donors (Lipinski definition) is 0. The molecule has 0 aliphatic carbocycles. The van der Waals surface area contributed by atoms with Crippen LogP contribution in [0.15, 0.2) is 18.2 Å². The highest BCUT2D eigenvalue weighted by Crippen LogP contribution is 2.33. The first kappa shape index (κ1) is 11.5. The van der Waals surface area contributed by atoms with Crippen molar-refractivity contribution in [3.8, 4) is 0 Å². The van der Waals surface area contributed by atoms with E-state index in [1.165, 1.54) is 22.3 Å². The summed E-state index contributed by atoms with van der Waals surface area (Å²) in [4.78, 5) is 2.43. The van der Waals surface area contributed by atoms with Gasteiger partial charge in [-0.1, -0.05) is 25.4 Å². The van der Waals surface area contributed by atoms with Gasteiger partial charge in [0, 0.05) is 21.7 Å². The van der Waals surface area contributed by atoms with Crippen molar-refractivity contribution in [3.05, 3.63) is 26.8 Å². The van der Waals surface area contributed by atoms with Crippen LogP contribution in [-0.2, 0) is 0 Å². The van der Waals surface area contributed by atoms with Crippen LogP contribution < -0.4 is 4.90 Å². The van der Waals surface area contributed by atoms with Crippen LogP contribution in [-0.4, -0.2) is 13.1 Å². The van der Waals surface area contributed by atoms with Gasteiger partial charge in [0.05, 0.1) is 5.69 Å². The molecule has 1 saturated heterocycles. The highest BCUT2D eigenvalue weighted by molar-refractivity contribution is 14.1. The average molecular weight is 336 g/mol. The third-order valence-electron chi connectivity index (χ3n) is 3.10. The monoisotopic (exact) mass is 335 g/mol. The summed E-state index contributed by atoms with van der Waals surface area (Å²) in [7, 11) is 0. The molecule has 0 aromatic heterocycles.